The molecule has 3 rings (SSSR count). The molecule has 2 aromatic heterocycles. The van der Waals surface area contributed by atoms with Crippen molar-refractivity contribution in [2.24, 2.45) is 0 Å². The van der Waals surface area contributed by atoms with E-state index in [1.165, 1.54) is 6.07 Å². The topological polar surface area (TPSA) is 64.7 Å². The average Bonchev–Trinajstić information content (AvgIpc) is 3.09. The minimum atomic E-state index is -0.293. The molecule has 3 aromatic rings. The summed E-state index contributed by atoms with van der Waals surface area (Å²) < 4.78 is 17.7. The second-order valence-corrected chi connectivity index (χ2v) is 7.35. The van der Waals surface area contributed by atoms with Crippen LogP contribution in [0.5, 0.6) is 0 Å². The van der Waals surface area contributed by atoms with E-state index < -0.39 is 0 Å². The SMILES string of the molecule is Cc1nn(CCC(=O)Nc2nn(Cc3ccccc3F)cc2Br)c(C)c1Cl. The van der Waals surface area contributed by atoms with Gasteiger partial charge in [0, 0.05) is 18.2 Å². The molecule has 0 atom stereocenters. The van der Waals surface area contributed by atoms with Gasteiger partial charge in [-0.25, -0.2) is 4.39 Å². The van der Waals surface area contributed by atoms with Crippen LogP contribution in [0.4, 0.5) is 10.2 Å². The first-order valence-electron chi connectivity index (χ1n) is 8.31. The smallest absolute Gasteiger partial charge is 0.227 e. The lowest BCUT2D eigenvalue weighted by Crippen LogP contribution is -2.16. The highest BCUT2D eigenvalue weighted by Gasteiger charge is 2.14. The number of rotatable bonds is 6. The molecule has 0 aliphatic rings. The summed E-state index contributed by atoms with van der Waals surface area (Å²) in [6, 6.07) is 6.51. The predicted molar refractivity (Wildman–Crippen MR) is 105 cm³/mol. The Labute approximate surface area is 169 Å². The van der Waals surface area contributed by atoms with Crippen LogP contribution in [0.15, 0.2) is 34.9 Å². The Morgan fingerprint density at radius 1 is 1.30 bits per heavy atom. The highest BCUT2D eigenvalue weighted by atomic mass is 79.9. The van der Waals surface area contributed by atoms with E-state index in [0.29, 0.717) is 27.4 Å². The van der Waals surface area contributed by atoms with Gasteiger partial charge in [-0.1, -0.05) is 29.8 Å². The number of nitrogens with one attached hydrogen (secondary N) is 1. The van der Waals surface area contributed by atoms with Gasteiger partial charge in [0.25, 0.3) is 0 Å². The number of benzene rings is 1. The van der Waals surface area contributed by atoms with Crippen LogP contribution in [0.3, 0.4) is 0 Å². The van der Waals surface area contributed by atoms with E-state index in [0.717, 1.165) is 11.4 Å². The number of hydrogen-bond donors (Lipinski definition) is 1. The molecule has 142 valence electrons. The van der Waals surface area contributed by atoms with Crippen molar-refractivity contribution in [3.63, 3.8) is 0 Å². The number of amides is 1. The fraction of sp³-hybridized carbons (Fsp3) is 0.278. The highest BCUT2D eigenvalue weighted by Crippen LogP contribution is 2.22. The Hall–Kier alpha value is -2.19. The molecule has 0 saturated heterocycles. The number of aromatic nitrogens is 4. The number of anilines is 1. The largest absolute Gasteiger partial charge is 0.308 e. The van der Waals surface area contributed by atoms with Gasteiger partial charge in [-0.3, -0.25) is 14.2 Å². The van der Waals surface area contributed by atoms with Gasteiger partial charge in [-0.2, -0.15) is 10.2 Å². The number of halogens is 3. The van der Waals surface area contributed by atoms with Crippen molar-refractivity contribution in [1.29, 1.82) is 0 Å². The molecule has 0 spiro atoms. The molecular weight excluding hydrogens is 437 g/mol. The third-order valence-electron chi connectivity index (χ3n) is 4.11. The van der Waals surface area contributed by atoms with Gasteiger partial charge < -0.3 is 5.32 Å². The van der Waals surface area contributed by atoms with Crippen molar-refractivity contribution in [2.45, 2.75) is 33.4 Å². The zero-order valence-corrected chi connectivity index (χ0v) is 17.2. The molecule has 0 saturated carbocycles. The first kappa shape index (κ1) is 19.6. The standard InChI is InChI=1S/C18H18BrClFN5O/c1-11-17(20)12(2)26(23-11)8-7-16(27)22-18-14(19)10-25(24-18)9-13-5-3-4-6-15(13)21/h3-6,10H,7-9H2,1-2H3,(H,22,24,27). The van der Waals surface area contributed by atoms with Gasteiger partial charge in [-0.05, 0) is 35.8 Å². The lowest BCUT2D eigenvalue weighted by Gasteiger charge is -2.05. The molecule has 9 heteroatoms. The zero-order valence-electron chi connectivity index (χ0n) is 14.8. The second-order valence-electron chi connectivity index (χ2n) is 6.12. The molecule has 0 fully saturated rings. The van der Waals surface area contributed by atoms with Gasteiger partial charge in [0.2, 0.25) is 5.91 Å². The summed E-state index contributed by atoms with van der Waals surface area (Å²) in [5.41, 5.74) is 2.09. The number of carbonyl (C=O) groups is 1. The molecule has 6 nitrogen and oxygen atoms in total. The number of aryl methyl sites for hydroxylation is 2. The van der Waals surface area contributed by atoms with Crippen LogP contribution in [0.25, 0.3) is 0 Å². The van der Waals surface area contributed by atoms with Crippen LogP contribution < -0.4 is 5.32 Å². The van der Waals surface area contributed by atoms with Crippen molar-refractivity contribution < 1.29 is 9.18 Å². The van der Waals surface area contributed by atoms with E-state index >= 15 is 0 Å². The molecule has 2 heterocycles. The van der Waals surface area contributed by atoms with E-state index in [1.54, 1.807) is 33.8 Å². The molecule has 0 aliphatic carbocycles. The van der Waals surface area contributed by atoms with Crippen LogP contribution in [0, 0.1) is 19.7 Å². The molecule has 1 aromatic carbocycles. The van der Waals surface area contributed by atoms with Crippen LogP contribution in [0.2, 0.25) is 5.02 Å². The van der Waals surface area contributed by atoms with Gasteiger partial charge in [0.1, 0.15) is 5.82 Å². The molecule has 0 radical (unpaired) electrons. The molecule has 1 N–H and O–H groups in total. The van der Waals surface area contributed by atoms with Gasteiger partial charge in [0.05, 0.1) is 34.0 Å². The fourth-order valence-corrected chi connectivity index (χ4v) is 3.21. The van der Waals surface area contributed by atoms with Crippen LogP contribution in [-0.2, 0) is 17.9 Å². The van der Waals surface area contributed by atoms with E-state index in [9.17, 15) is 9.18 Å². The maximum atomic E-state index is 13.8. The summed E-state index contributed by atoms with van der Waals surface area (Å²) in [5.74, 6) is -0.100. The summed E-state index contributed by atoms with van der Waals surface area (Å²) in [7, 11) is 0. The Morgan fingerprint density at radius 3 is 2.70 bits per heavy atom. The number of hydrogen-bond acceptors (Lipinski definition) is 3. The van der Waals surface area contributed by atoms with E-state index in [1.807, 2.05) is 13.8 Å². The maximum absolute atomic E-state index is 13.8. The highest BCUT2D eigenvalue weighted by molar-refractivity contribution is 9.10. The first-order valence-corrected chi connectivity index (χ1v) is 9.48. The Kier molecular flexibility index (Phi) is 5.96. The minimum Gasteiger partial charge on any atom is -0.308 e. The quantitative estimate of drug-likeness (QED) is 0.603. The van der Waals surface area contributed by atoms with E-state index in [2.05, 4.69) is 31.4 Å². The second kappa shape index (κ2) is 8.22. The fourth-order valence-electron chi connectivity index (χ4n) is 2.66. The number of nitrogens with zero attached hydrogens (tertiary/aromatic N) is 4. The zero-order chi connectivity index (χ0) is 19.6. The summed E-state index contributed by atoms with van der Waals surface area (Å²) in [6.07, 6.45) is 1.92. The monoisotopic (exact) mass is 453 g/mol. The Morgan fingerprint density at radius 2 is 2.04 bits per heavy atom. The minimum absolute atomic E-state index is 0.199. The molecule has 0 unspecified atom stereocenters. The molecule has 0 aliphatic heterocycles. The molecular formula is C18H18BrClFN5O. The summed E-state index contributed by atoms with van der Waals surface area (Å²) in [4.78, 5) is 12.2. The summed E-state index contributed by atoms with van der Waals surface area (Å²) >= 11 is 9.49. The van der Waals surface area contributed by atoms with E-state index in [-0.39, 0.29) is 24.7 Å². The lowest BCUT2D eigenvalue weighted by atomic mass is 10.2. The normalized spacial score (nSPS) is 11.0. The average molecular weight is 455 g/mol. The lowest BCUT2D eigenvalue weighted by molar-refractivity contribution is -0.116. The third-order valence-corrected chi connectivity index (χ3v) is 5.24. The Bertz CT molecular complexity index is 984. The Balaban J connectivity index is 1.62. The molecule has 0 bridgehead atoms. The first-order chi connectivity index (χ1) is 12.8. The van der Waals surface area contributed by atoms with Crippen molar-refractivity contribution in [3.05, 3.63) is 62.7 Å². The molecule has 1 amide bonds. The van der Waals surface area contributed by atoms with Gasteiger partial charge in [-0.15, -0.1) is 0 Å². The summed E-state index contributed by atoms with van der Waals surface area (Å²) in [5, 5.41) is 12.0. The van der Waals surface area contributed by atoms with Crippen molar-refractivity contribution in [3.8, 4) is 0 Å². The maximum Gasteiger partial charge on any atom is 0.227 e. The molecule has 27 heavy (non-hydrogen) atoms. The van der Waals surface area contributed by atoms with Crippen LogP contribution >= 0.6 is 27.5 Å². The van der Waals surface area contributed by atoms with Gasteiger partial charge >= 0.3 is 0 Å². The predicted octanol–water partition coefficient (Wildman–Crippen LogP) is 4.33. The number of carbonyl (C=O) groups excluding carboxylic acids is 1. The summed E-state index contributed by atoms with van der Waals surface area (Å²) in [6.45, 7) is 4.37. The van der Waals surface area contributed by atoms with Crippen LogP contribution in [0.1, 0.15) is 23.4 Å². The van der Waals surface area contributed by atoms with Gasteiger partial charge in [0.15, 0.2) is 5.82 Å². The van der Waals surface area contributed by atoms with Crippen LogP contribution in [-0.4, -0.2) is 25.5 Å². The van der Waals surface area contributed by atoms with Crippen molar-refractivity contribution >= 4 is 39.3 Å². The van der Waals surface area contributed by atoms with Crippen molar-refractivity contribution in [2.75, 3.05) is 5.32 Å². The van der Waals surface area contributed by atoms with E-state index in [4.69, 9.17) is 11.6 Å². The third kappa shape index (κ3) is 4.56. The van der Waals surface area contributed by atoms with Crippen molar-refractivity contribution in [1.82, 2.24) is 19.6 Å².